The van der Waals surface area contributed by atoms with Gasteiger partial charge in [-0.05, 0) is 69.4 Å². The van der Waals surface area contributed by atoms with E-state index in [0.29, 0.717) is 0 Å². The highest BCUT2D eigenvalue weighted by Crippen LogP contribution is 2.49. The molecule has 5 aromatic carbocycles. The molecule has 140 valence electrons. The standard InChI is InChI=1S/C28H16ClN/c29-18-13-14-20-21-10-5-11-24-27(21)28-25(30(24)19-7-2-1-3-8-19)15-12-17-6-4-9-22(26(17)28)23(20)16-18/h1-16H. The summed E-state index contributed by atoms with van der Waals surface area (Å²) in [6.45, 7) is 0. The van der Waals surface area contributed by atoms with Gasteiger partial charge in [-0.3, -0.25) is 0 Å². The first-order valence-corrected chi connectivity index (χ1v) is 10.5. The first-order chi connectivity index (χ1) is 14.8. The Balaban J connectivity index is 1.83. The van der Waals surface area contributed by atoms with Crippen molar-refractivity contribution in [1.29, 1.82) is 0 Å². The maximum absolute atomic E-state index is 6.46. The zero-order chi connectivity index (χ0) is 19.8. The molecule has 30 heavy (non-hydrogen) atoms. The van der Waals surface area contributed by atoms with Crippen LogP contribution in [0.15, 0.2) is 97.1 Å². The van der Waals surface area contributed by atoms with Gasteiger partial charge < -0.3 is 4.57 Å². The number of benzene rings is 5. The molecular formula is C28H16ClN. The Hall–Kier alpha value is -3.55. The van der Waals surface area contributed by atoms with E-state index in [2.05, 4.69) is 95.6 Å². The number of hydrogen-bond acceptors (Lipinski definition) is 0. The highest BCUT2D eigenvalue weighted by Gasteiger charge is 2.24. The fraction of sp³-hybridized carbons (Fsp3) is 0. The largest absolute Gasteiger partial charge is 0.309 e. The molecule has 0 bridgehead atoms. The summed E-state index contributed by atoms with van der Waals surface area (Å²) in [4.78, 5) is 0. The fourth-order valence-corrected chi connectivity index (χ4v) is 5.38. The van der Waals surface area contributed by atoms with Gasteiger partial charge in [-0.15, -0.1) is 0 Å². The van der Waals surface area contributed by atoms with Gasteiger partial charge >= 0.3 is 0 Å². The van der Waals surface area contributed by atoms with Crippen LogP contribution in [-0.4, -0.2) is 4.57 Å². The third kappa shape index (κ3) is 1.98. The molecule has 0 atom stereocenters. The molecule has 1 aromatic heterocycles. The van der Waals surface area contributed by atoms with Crippen molar-refractivity contribution in [3.8, 4) is 27.9 Å². The average Bonchev–Trinajstić information content (AvgIpc) is 3.07. The Labute approximate surface area is 178 Å². The summed E-state index contributed by atoms with van der Waals surface area (Å²) in [5.74, 6) is 0. The van der Waals surface area contributed by atoms with E-state index in [1.165, 1.54) is 60.5 Å². The molecule has 0 unspecified atom stereocenters. The van der Waals surface area contributed by atoms with Crippen LogP contribution in [-0.2, 0) is 0 Å². The van der Waals surface area contributed by atoms with Crippen LogP contribution < -0.4 is 0 Å². The average molecular weight is 402 g/mol. The quantitative estimate of drug-likeness (QED) is 0.261. The van der Waals surface area contributed by atoms with Crippen LogP contribution in [0.2, 0.25) is 5.02 Å². The molecule has 0 saturated carbocycles. The van der Waals surface area contributed by atoms with Crippen molar-refractivity contribution in [3.05, 3.63) is 102 Å². The normalized spacial score (nSPS) is 12.2. The van der Waals surface area contributed by atoms with Crippen LogP contribution in [0.1, 0.15) is 0 Å². The Morgan fingerprint density at radius 1 is 0.500 bits per heavy atom. The molecule has 1 nitrogen and oxygen atoms in total. The van der Waals surface area contributed by atoms with Gasteiger partial charge in [0.15, 0.2) is 0 Å². The Morgan fingerprint density at radius 2 is 1.27 bits per heavy atom. The van der Waals surface area contributed by atoms with Gasteiger partial charge in [-0.1, -0.05) is 72.3 Å². The maximum atomic E-state index is 6.46. The van der Waals surface area contributed by atoms with Crippen LogP contribution in [0, 0.1) is 0 Å². The second kappa shape index (κ2) is 5.75. The Bertz CT molecular complexity index is 1640. The second-order valence-electron chi connectivity index (χ2n) is 7.92. The molecule has 0 spiro atoms. The third-order valence-electron chi connectivity index (χ3n) is 6.37. The molecule has 1 aliphatic carbocycles. The smallest absolute Gasteiger partial charge is 0.0547 e. The molecule has 0 aliphatic heterocycles. The Morgan fingerprint density at radius 3 is 2.13 bits per heavy atom. The summed E-state index contributed by atoms with van der Waals surface area (Å²) in [5, 5.41) is 5.98. The minimum absolute atomic E-state index is 0.769. The number of halogens is 1. The number of fused-ring (bicyclic) bond motifs is 3. The molecule has 7 rings (SSSR count). The lowest BCUT2D eigenvalue weighted by Gasteiger charge is -2.14. The van der Waals surface area contributed by atoms with Crippen molar-refractivity contribution in [2.75, 3.05) is 0 Å². The van der Waals surface area contributed by atoms with Crippen LogP contribution >= 0.6 is 11.6 Å². The van der Waals surface area contributed by atoms with E-state index >= 15 is 0 Å². The summed E-state index contributed by atoms with van der Waals surface area (Å²) in [7, 11) is 0. The van der Waals surface area contributed by atoms with E-state index in [9.17, 15) is 0 Å². The lowest BCUT2D eigenvalue weighted by molar-refractivity contribution is 1.18. The summed E-state index contributed by atoms with van der Waals surface area (Å²) >= 11 is 6.46. The number of para-hydroxylation sites is 1. The molecule has 6 aromatic rings. The molecule has 1 heterocycles. The minimum Gasteiger partial charge on any atom is -0.309 e. The topological polar surface area (TPSA) is 4.93 Å². The van der Waals surface area contributed by atoms with Crippen molar-refractivity contribution in [2.24, 2.45) is 0 Å². The SMILES string of the molecule is Clc1ccc2c(c1)-c1cccc3ccc4c(c13)c1c-2cccc1n4-c1ccccc1. The minimum atomic E-state index is 0.769. The summed E-state index contributed by atoms with van der Waals surface area (Å²) < 4.78 is 2.39. The van der Waals surface area contributed by atoms with E-state index < -0.39 is 0 Å². The van der Waals surface area contributed by atoms with Gasteiger partial charge in [0.05, 0.1) is 11.0 Å². The predicted octanol–water partition coefficient (Wildman–Crippen LogP) is 8.24. The molecule has 1 aliphatic rings. The van der Waals surface area contributed by atoms with Gasteiger partial charge in [0.25, 0.3) is 0 Å². The van der Waals surface area contributed by atoms with Crippen molar-refractivity contribution < 1.29 is 0 Å². The van der Waals surface area contributed by atoms with Crippen LogP contribution in [0.4, 0.5) is 0 Å². The summed E-state index contributed by atoms with van der Waals surface area (Å²) in [5.41, 5.74) is 8.61. The summed E-state index contributed by atoms with van der Waals surface area (Å²) in [6, 6.07) is 34.7. The van der Waals surface area contributed by atoms with Crippen molar-refractivity contribution >= 4 is 44.2 Å². The van der Waals surface area contributed by atoms with E-state index in [-0.39, 0.29) is 0 Å². The number of aromatic nitrogens is 1. The molecule has 0 fully saturated rings. The monoisotopic (exact) mass is 401 g/mol. The lowest BCUT2D eigenvalue weighted by Crippen LogP contribution is -1.94. The van der Waals surface area contributed by atoms with Gasteiger partial charge in [0.1, 0.15) is 0 Å². The van der Waals surface area contributed by atoms with Gasteiger partial charge in [0.2, 0.25) is 0 Å². The fourth-order valence-electron chi connectivity index (χ4n) is 5.20. The van der Waals surface area contributed by atoms with E-state index in [4.69, 9.17) is 11.6 Å². The Kier molecular flexibility index (Phi) is 3.12. The maximum Gasteiger partial charge on any atom is 0.0547 e. The summed E-state index contributed by atoms with van der Waals surface area (Å²) in [6.07, 6.45) is 0. The van der Waals surface area contributed by atoms with Gasteiger partial charge in [-0.2, -0.15) is 0 Å². The highest BCUT2D eigenvalue weighted by atomic mass is 35.5. The highest BCUT2D eigenvalue weighted by molar-refractivity contribution is 6.33. The van der Waals surface area contributed by atoms with Crippen LogP contribution in [0.3, 0.4) is 0 Å². The zero-order valence-corrected chi connectivity index (χ0v) is 16.8. The van der Waals surface area contributed by atoms with Gasteiger partial charge in [-0.25, -0.2) is 0 Å². The van der Waals surface area contributed by atoms with Gasteiger partial charge in [0, 0.05) is 21.5 Å². The molecule has 2 heteroatoms. The molecule has 0 radical (unpaired) electrons. The van der Waals surface area contributed by atoms with Crippen LogP contribution in [0.5, 0.6) is 0 Å². The molecule has 0 amide bonds. The van der Waals surface area contributed by atoms with Crippen molar-refractivity contribution in [2.45, 2.75) is 0 Å². The van der Waals surface area contributed by atoms with Crippen LogP contribution in [0.25, 0.3) is 60.5 Å². The number of rotatable bonds is 1. The third-order valence-corrected chi connectivity index (χ3v) is 6.61. The zero-order valence-electron chi connectivity index (χ0n) is 16.1. The second-order valence-corrected chi connectivity index (χ2v) is 8.36. The molecular weight excluding hydrogens is 386 g/mol. The number of hydrogen-bond donors (Lipinski definition) is 0. The first kappa shape index (κ1) is 16.3. The number of nitrogens with zero attached hydrogens (tertiary/aromatic N) is 1. The van der Waals surface area contributed by atoms with Crippen molar-refractivity contribution in [3.63, 3.8) is 0 Å². The lowest BCUT2D eigenvalue weighted by atomic mass is 9.93. The van der Waals surface area contributed by atoms with E-state index in [1.54, 1.807) is 0 Å². The van der Waals surface area contributed by atoms with E-state index in [1.807, 2.05) is 6.07 Å². The van der Waals surface area contributed by atoms with Crippen molar-refractivity contribution in [1.82, 2.24) is 4.57 Å². The predicted molar refractivity (Wildman–Crippen MR) is 128 cm³/mol. The molecule has 0 saturated heterocycles. The first-order valence-electron chi connectivity index (χ1n) is 10.2. The van der Waals surface area contributed by atoms with E-state index in [0.717, 1.165) is 5.02 Å². The molecule has 0 N–H and O–H groups in total.